The molecule has 0 bridgehead atoms. The number of carboxylic acids is 1. The minimum absolute atomic E-state index is 0.176. The summed E-state index contributed by atoms with van der Waals surface area (Å²) in [4.78, 5) is 36.8. The maximum atomic E-state index is 12.5. The van der Waals surface area contributed by atoms with Gasteiger partial charge in [-0.25, -0.2) is 0 Å². The predicted molar refractivity (Wildman–Crippen MR) is 80.6 cm³/mol. The van der Waals surface area contributed by atoms with E-state index in [1.54, 1.807) is 0 Å². The van der Waals surface area contributed by atoms with Crippen LogP contribution in [-0.4, -0.2) is 28.7 Å². The van der Waals surface area contributed by atoms with E-state index < -0.39 is 29.7 Å². The summed E-state index contributed by atoms with van der Waals surface area (Å²) in [5.74, 6) is -3.92. The topological polar surface area (TPSA) is 77.5 Å². The smallest absolute Gasteiger partial charge is 0.263 e. The van der Waals surface area contributed by atoms with Crippen molar-refractivity contribution in [2.24, 2.45) is 5.92 Å². The number of fused-ring (bicyclic) bond motifs is 1. The van der Waals surface area contributed by atoms with Crippen LogP contribution in [0.15, 0.2) is 0 Å². The Morgan fingerprint density at radius 1 is 0.909 bits per heavy atom. The third-order valence-corrected chi connectivity index (χ3v) is 5.09. The number of amides is 2. The molecule has 1 aliphatic heterocycles. The molecule has 1 heterocycles. The van der Waals surface area contributed by atoms with Crippen LogP contribution >= 0.6 is 46.4 Å². The number of rotatable bonds is 3. The summed E-state index contributed by atoms with van der Waals surface area (Å²) in [5.41, 5.74) is -0.504. The van der Waals surface area contributed by atoms with Gasteiger partial charge in [0.05, 0.1) is 43.2 Å². The molecule has 22 heavy (non-hydrogen) atoms. The largest absolute Gasteiger partial charge is 0.548 e. The normalized spacial score (nSPS) is 15.5. The number of aliphatic carboxylic acids is 1. The van der Waals surface area contributed by atoms with E-state index in [2.05, 4.69) is 0 Å². The number of nitrogens with zero attached hydrogens (tertiary/aromatic N) is 1. The number of carbonyl (C=O) groups is 3. The van der Waals surface area contributed by atoms with Crippen molar-refractivity contribution >= 4 is 64.2 Å². The van der Waals surface area contributed by atoms with Crippen molar-refractivity contribution in [3.63, 3.8) is 0 Å². The molecule has 0 radical (unpaired) electrons. The minimum atomic E-state index is -1.56. The standard InChI is InChI=1S/C13H9Cl4NO4/c1-3(2)10(13(21)22)18-11(19)4-5(12(18)20)7(15)9(17)8(16)6(4)14/h3,10H,1-2H3,(H,21,22)/p-1. The van der Waals surface area contributed by atoms with Gasteiger partial charge in [0.15, 0.2) is 0 Å². The van der Waals surface area contributed by atoms with Crippen LogP contribution in [0.2, 0.25) is 20.1 Å². The molecule has 0 fully saturated rings. The lowest BCUT2D eigenvalue weighted by Gasteiger charge is -2.30. The molecular weight excluding hydrogens is 376 g/mol. The number of carboxylic acid groups (broad SMARTS) is 1. The van der Waals surface area contributed by atoms with Crippen molar-refractivity contribution in [2.45, 2.75) is 19.9 Å². The molecule has 1 aliphatic rings. The van der Waals surface area contributed by atoms with Gasteiger partial charge in [0.25, 0.3) is 11.8 Å². The summed E-state index contributed by atoms with van der Waals surface area (Å²) in [6.45, 7) is 3.07. The highest BCUT2D eigenvalue weighted by molar-refractivity contribution is 6.55. The van der Waals surface area contributed by atoms with Crippen LogP contribution in [0.1, 0.15) is 34.6 Å². The number of halogens is 4. The maximum absolute atomic E-state index is 12.5. The van der Waals surface area contributed by atoms with E-state index in [1.807, 2.05) is 0 Å². The third-order valence-electron chi connectivity index (χ3n) is 3.28. The number of imide groups is 1. The first-order chi connectivity index (χ1) is 10.1. The first kappa shape index (κ1) is 17.3. The van der Waals surface area contributed by atoms with Gasteiger partial charge >= 0.3 is 0 Å². The van der Waals surface area contributed by atoms with Crippen LogP contribution in [0.3, 0.4) is 0 Å². The van der Waals surface area contributed by atoms with Gasteiger partial charge in [-0.05, 0) is 5.92 Å². The molecule has 0 N–H and O–H groups in total. The number of benzene rings is 1. The third kappa shape index (κ3) is 2.36. The molecule has 118 valence electrons. The van der Waals surface area contributed by atoms with Crippen LogP contribution < -0.4 is 5.11 Å². The first-order valence-electron chi connectivity index (χ1n) is 6.05. The number of carbonyl (C=O) groups excluding carboxylic acids is 3. The Bertz CT molecular complexity index is 670. The lowest BCUT2D eigenvalue weighted by atomic mass is 10.0. The van der Waals surface area contributed by atoms with Crippen LogP contribution in [0.25, 0.3) is 0 Å². The summed E-state index contributed by atoms with van der Waals surface area (Å²) < 4.78 is 0. The molecule has 9 heteroatoms. The molecule has 1 aromatic rings. The zero-order valence-electron chi connectivity index (χ0n) is 11.2. The van der Waals surface area contributed by atoms with Gasteiger partial charge in [-0.1, -0.05) is 60.3 Å². The van der Waals surface area contributed by atoms with Gasteiger partial charge < -0.3 is 9.90 Å². The van der Waals surface area contributed by atoms with Gasteiger partial charge in [-0.3, -0.25) is 14.5 Å². The fourth-order valence-corrected chi connectivity index (χ4v) is 3.31. The SMILES string of the molecule is CC(C)C(C(=O)[O-])N1C(=O)c2c(Cl)c(Cl)c(Cl)c(Cl)c2C1=O. The molecular formula is C13H8Cl4NO4-. The molecule has 0 aliphatic carbocycles. The predicted octanol–water partition coefficient (Wildman–Crippen LogP) is 2.67. The Morgan fingerprint density at radius 2 is 1.27 bits per heavy atom. The van der Waals surface area contributed by atoms with Gasteiger partial charge in [-0.15, -0.1) is 0 Å². The van der Waals surface area contributed by atoms with E-state index in [0.717, 1.165) is 0 Å². The lowest BCUT2D eigenvalue weighted by molar-refractivity contribution is -0.311. The van der Waals surface area contributed by atoms with Gasteiger partial charge in [-0.2, -0.15) is 0 Å². The summed E-state index contributed by atoms with van der Waals surface area (Å²) in [7, 11) is 0. The van der Waals surface area contributed by atoms with Crippen molar-refractivity contribution in [2.75, 3.05) is 0 Å². The van der Waals surface area contributed by atoms with E-state index in [4.69, 9.17) is 46.4 Å². The van der Waals surface area contributed by atoms with E-state index in [0.29, 0.717) is 4.90 Å². The second-order valence-corrected chi connectivity index (χ2v) is 6.51. The average Bonchev–Trinajstić information content (AvgIpc) is 2.67. The highest BCUT2D eigenvalue weighted by Crippen LogP contribution is 2.45. The Labute approximate surface area is 145 Å². The number of hydrogen-bond acceptors (Lipinski definition) is 4. The van der Waals surface area contributed by atoms with E-state index in [-0.39, 0.29) is 31.2 Å². The zero-order valence-corrected chi connectivity index (χ0v) is 14.3. The van der Waals surface area contributed by atoms with Crippen LogP contribution in [-0.2, 0) is 4.79 Å². The fourth-order valence-electron chi connectivity index (χ4n) is 2.29. The molecule has 0 saturated carbocycles. The van der Waals surface area contributed by atoms with Gasteiger partial charge in [0.2, 0.25) is 0 Å². The first-order valence-corrected chi connectivity index (χ1v) is 7.57. The molecule has 2 rings (SSSR count). The highest BCUT2D eigenvalue weighted by Gasteiger charge is 2.45. The maximum Gasteiger partial charge on any atom is 0.263 e. The molecule has 0 saturated heterocycles. The fraction of sp³-hybridized carbons (Fsp3) is 0.308. The molecule has 1 unspecified atom stereocenters. The summed E-state index contributed by atoms with van der Waals surface area (Å²) in [6.07, 6.45) is 0. The molecule has 0 spiro atoms. The summed E-state index contributed by atoms with van der Waals surface area (Å²) in [6, 6.07) is -1.46. The second-order valence-electron chi connectivity index (χ2n) is 4.99. The molecule has 5 nitrogen and oxygen atoms in total. The quantitative estimate of drug-likeness (QED) is 0.456. The molecule has 0 aromatic heterocycles. The lowest BCUT2D eigenvalue weighted by Crippen LogP contribution is -2.53. The van der Waals surface area contributed by atoms with E-state index in [9.17, 15) is 19.5 Å². The molecule has 2 amide bonds. The Morgan fingerprint density at radius 3 is 1.55 bits per heavy atom. The second kappa shape index (κ2) is 5.89. The minimum Gasteiger partial charge on any atom is -0.548 e. The van der Waals surface area contributed by atoms with Crippen LogP contribution in [0.4, 0.5) is 0 Å². The Hall–Kier alpha value is -1.01. The molecule has 1 atom stereocenters. The van der Waals surface area contributed by atoms with Crippen molar-refractivity contribution < 1.29 is 19.5 Å². The van der Waals surface area contributed by atoms with Crippen molar-refractivity contribution in [1.82, 2.24) is 4.90 Å². The van der Waals surface area contributed by atoms with Crippen LogP contribution in [0.5, 0.6) is 0 Å². The monoisotopic (exact) mass is 382 g/mol. The Balaban J connectivity index is 2.71. The van der Waals surface area contributed by atoms with Crippen LogP contribution in [0, 0.1) is 5.92 Å². The van der Waals surface area contributed by atoms with Crippen molar-refractivity contribution in [1.29, 1.82) is 0 Å². The van der Waals surface area contributed by atoms with Gasteiger partial charge in [0.1, 0.15) is 0 Å². The van der Waals surface area contributed by atoms with Crippen molar-refractivity contribution in [3.05, 3.63) is 31.2 Å². The number of hydrogen-bond donors (Lipinski definition) is 0. The van der Waals surface area contributed by atoms with Gasteiger partial charge in [0, 0.05) is 0 Å². The van der Waals surface area contributed by atoms with E-state index >= 15 is 0 Å². The molecule has 1 aromatic carbocycles. The zero-order chi connectivity index (χ0) is 16.9. The Kier molecular flexibility index (Phi) is 4.64. The summed E-state index contributed by atoms with van der Waals surface area (Å²) in [5, 5.41) is 10.5. The van der Waals surface area contributed by atoms with Crippen molar-refractivity contribution in [3.8, 4) is 0 Å². The highest BCUT2D eigenvalue weighted by atomic mass is 35.5. The average molecular weight is 384 g/mol. The van der Waals surface area contributed by atoms with E-state index in [1.165, 1.54) is 13.8 Å². The summed E-state index contributed by atoms with van der Waals surface area (Å²) >= 11 is 23.7.